The van der Waals surface area contributed by atoms with Crippen LogP contribution < -0.4 is 0 Å². The summed E-state index contributed by atoms with van der Waals surface area (Å²) in [5.41, 5.74) is 1.52. The topological polar surface area (TPSA) is 0 Å². The average Bonchev–Trinajstić information content (AvgIpc) is 2.22. The van der Waals surface area contributed by atoms with Gasteiger partial charge in [0.25, 0.3) is 0 Å². The molecule has 82 valence electrons. The molecule has 0 aromatic rings. The number of hydrogen-bond donors (Lipinski definition) is 0. The van der Waals surface area contributed by atoms with Crippen LogP contribution in [0.2, 0.25) is 0 Å². The van der Waals surface area contributed by atoms with Crippen LogP contribution in [0.4, 0.5) is 0 Å². The van der Waals surface area contributed by atoms with Gasteiger partial charge in [-0.1, -0.05) is 45.9 Å². The number of hydrogen-bond acceptors (Lipinski definition) is 1. The summed E-state index contributed by atoms with van der Waals surface area (Å²) >= 11 is 2.05. The van der Waals surface area contributed by atoms with E-state index < -0.39 is 0 Å². The van der Waals surface area contributed by atoms with Crippen LogP contribution in [0, 0.1) is 5.92 Å². The van der Waals surface area contributed by atoms with Crippen molar-refractivity contribution >= 4 is 11.8 Å². The molecule has 0 atom stereocenters. The lowest BCUT2D eigenvalue weighted by Gasteiger charge is -2.07. The number of allylic oxidation sites excluding steroid dienone is 3. The van der Waals surface area contributed by atoms with Gasteiger partial charge in [-0.2, -0.15) is 11.8 Å². The first-order valence-corrected chi connectivity index (χ1v) is 6.88. The minimum Gasteiger partial charge on any atom is -0.157 e. The van der Waals surface area contributed by atoms with E-state index in [1.54, 1.807) is 0 Å². The molecule has 1 heteroatoms. The van der Waals surface area contributed by atoms with Crippen molar-refractivity contribution in [3.8, 4) is 0 Å². The van der Waals surface area contributed by atoms with Crippen LogP contribution >= 0.6 is 11.8 Å². The van der Waals surface area contributed by atoms with Crippen LogP contribution in [0.25, 0.3) is 0 Å². The normalized spacial score (nSPS) is 14.8. The molecule has 1 aliphatic rings. The first kappa shape index (κ1) is 13.8. The molecule has 0 saturated carbocycles. The highest BCUT2D eigenvalue weighted by Gasteiger charge is 1.98. The summed E-state index contributed by atoms with van der Waals surface area (Å²) in [6, 6.07) is 0. The smallest absolute Gasteiger partial charge is 0.0181 e. The van der Waals surface area contributed by atoms with Crippen molar-refractivity contribution in [2.45, 2.75) is 40.5 Å². The highest BCUT2D eigenvalue weighted by molar-refractivity contribution is 7.99. The Bertz CT molecular complexity index is 178. The third-order valence-electron chi connectivity index (χ3n) is 1.79. The van der Waals surface area contributed by atoms with Crippen molar-refractivity contribution < 1.29 is 0 Å². The summed E-state index contributed by atoms with van der Waals surface area (Å²) in [4.78, 5) is 0. The van der Waals surface area contributed by atoms with E-state index >= 15 is 0 Å². The minimum atomic E-state index is 0.822. The lowest BCUT2D eigenvalue weighted by Crippen LogP contribution is -1.94. The lowest BCUT2D eigenvalue weighted by molar-refractivity contribution is 0.750. The molecular weight excluding hydrogens is 188 g/mol. The fourth-order valence-electron chi connectivity index (χ4n) is 1.19. The van der Waals surface area contributed by atoms with Crippen LogP contribution in [0.5, 0.6) is 0 Å². The molecule has 0 amide bonds. The van der Waals surface area contributed by atoms with Crippen LogP contribution in [0.3, 0.4) is 0 Å². The molecular formula is C13H24S. The van der Waals surface area contributed by atoms with Gasteiger partial charge in [0.2, 0.25) is 0 Å². The van der Waals surface area contributed by atoms with Gasteiger partial charge in [-0.15, -0.1) is 0 Å². The molecule has 0 nitrogen and oxygen atoms in total. The van der Waals surface area contributed by atoms with E-state index in [0.717, 1.165) is 5.92 Å². The van der Waals surface area contributed by atoms with Gasteiger partial charge < -0.3 is 0 Å². The second-order valence-corrected chi connectivity index (χ2v) is 4.70. The molecule has 1 rings (SSSR count). The van der Waals surface area contributed by atoms with E-state index in [-0.39, 0.29) is 0 Å². The summed E-state index contributed by atoms with van der Waals surface area (Å²) in [7, 11) is 0. The largest absolute Gasteiger partial charge is 0.157 e. The Hall–Kier alpha value is -0.170. The highest BCUT2D eigenvalue weighted by atomic mass is 32.2. The minimum absolute atomic E-state index is 0.822. The van der Waals surface area contributed by atoms with Crippen LogP contribution in [-0.2, 0) is 0 Å². The van der Waals surface area contributed by atoms with Gasteiger partial charge >= 0.3 is 0 Å². The number of rotatable bonds is 4. The van der Waals surface area contributed by atoms with Crippen molar-refractivity contribution in [1.82, 2.24) is 0 Å². The molecule has 0 N–H and O–H groups in total. The summed E-state index contributed by atoms with van der Waals surface area (Å²) in [6.45, 7) is 8.55. The van der Waals surface area contributed by atoms with Gasteiger partial charge in [0.1, 0.15) is 0 Å². The first-order valence-electron chi connectivity index (χ1n) is 5.72. The molecule has 0 aromatic heterocycles. The SMILES string of the molecule is CC.CC(C)CSCC1=CCCC=C1. The van der Waals surface area contributed by atoms with Gasteiger partial charge in [0.05, 0.1) is 0 Å². The van der Waals surface area contributed by atoms with Crippen molar-refractivity contribution in [2.24, 2.45) is 5.92 Å². The van der Waals surface area contributed by atoms with Crippen LogP contribution in [0.1, 0.15) is 40.5 Å². The maximum Gasteiger partial charge on any atom is 0.0181 e. The third kappa shape index (κ3) is 7.25. The van der Waals surface area contributed by atoms with Crippen LogP contribution in [0.15, 0.2) is 23.8 Å². The Morgan fingerprint density at radius 3 is 2.50 bits per heavy atom. The van der Waals surface area contributed by atoms with E-state index in [4.69, 9.17) is 0 Å². The molecule has 0 aliphatic heterocycles. The van der Waals surface area contributed by atoms with Crippen molar-refractivity contribution in [3.63, 3.8) is 0 Å². The van der Waals surface area contributed by atoms with Crippen LogP contribution in [-0.4, -0.2) is 11.5 Å². The fraction of sp³-hybridized carbons (Fsp3) is 0.692. The molecule has 14 heavy (non-hydrogen) atoms. The molecule has 0 radical (unpaired) electrons. The molecule has 0 unspecified atom stereocenters. The average molecular weight is 212 g/mol. The Morgan fingerprint density at radius 1 is 1.29 bits per heavy atom. The summed E-state index contributed by atoms with van der Waals surface area (Å²) < 4.78 is 0. The Kier molecular flexibility index (Phi) is 9.27. The zero-order valence-corrected chi connectivity index (χ0v) is 10.9. The standard InChI is InChI=1S/C11H18S.C2H6/c1-10(2)8-12-9-11-6-4-3-5-7-11;1-2/h4,6-7,10H,3,5,8-9H2,1-2H3;1-2H3. The Labute approximate surface area is 93.9 Å². The van der Waals surface area contributed by atoms with Crippen molar-refractivity contribution in [3.05, 3.63) is 23.8 Å². The van der Waals surface area contributed by atoms with Gasteiger partial charge in [-0.25, -0.2) is 0 Å². The summed E-state index contributed by atoms with van der Waals surface area (Å²) in [5, 5.41) is 0. The summed E-state index contributed by atoms with van der Waals surface area (Å²) in [5.74, 6) is 3.31. The first-order chi connectivity index (χ1) is 6.79. The van der Waals surface area contributed by atoms with Crippen molar-refractivity contribution in [2.75, 3.05) is 11.5 Å². The van der Waals surface area contributed by atoms with E-state index in [1.165, 1.54) is 29.9 Å². The molecule has 0 fully saturated rings. The zero-order chi connectivity index (χ0) is 10.8. The zero-order valence-electron chi connectivity index (χ0n) is 10.0. The molecule has 1 aliphatic carbocycles. The second-order valence-electron chi connectivity index (χ2n) is 3.67. The van der Waals surface area contributed by atoms with Gasteiger partial charge in [0.15, 0.2) is 0 Å². The Morgan fingerprint density at radius 2 is 2.00 bits per heavy atom. The highest BCUT2D eigenvalue weighted by Crippen LogP contribution is 2.16. The molecule has 0 aromatic carbocycles. The second kappa shape index (κ2) is 9.39. The predicted molar refractivity (Wildman–Crippen MR) is 70.0 cm³/mol. The third-order valence-corrected chi connectivity index (χ3v) is 3.23. The molecule has 0 spiro atoms. The van der Waals surface area contributed by atoms with Gasteiger partial charge in [-0.3, -0.25) is 0 Å². The molecule has 0 saturated heterocycles. The van der Waals surface area contributed by atoms with E-state index in [2.05, 4.69) is 32.1 Å². The predicted octanol–water partition coefficient (Wildman–Crippen LogP) is 4.68. The Balaban J connectivity index is 0.000000791. The van der Waals surface area contributed by atoms with Crippen molar-refractivity contribution in [1.29, 1.82) is 0 Å². The molecule has 0 heterocycles. The number of thioether (sulfide) groups is 1. The summed E-state index contributed by atoms with van der Waals surface area (Å²) in [6.07, 6.45) is 9.40. The monoisotopic (exact) mass is 212 g/mol. The van der Waals surface area contributed by atoms with E-state index in [0.29, 0.717) is 0 Å². The lowest BCUT2D eigenvalue weighted by atomic mass is 10.1. The maximum atomic E-state index is 2.37. The molecule has 0 bridgehead atoms. The van der Waals surface area contributed by atoms with Gasteiger partial charge in [0, 0.05) is 5.75 Å². The van der Waals surface area contributed by atoms with Gasteiger partial charge in [-0.05, 0) is 30.1 Å². The maximum absolute atomic E-state index is 2.37. The van der Waals surface area contributed by atoms with E-state index in [1.807, 2.05) is 25.6 Å². The fourth-order valence-corrected chi connectivity index (χ4v) is 2.23. The van der Waals surface area contributed by atoms with E-state index in [9.17, 15) is 0 Å². The quantitative estimate of drug-likeness (QED) is 0.652.